The molecule has 2 aromatic rings. The summed E-state index contributed by atoms with van der Waals surface area (Å²) in [7, 11) is 0. The Balaban J connectivity index is 2.18. The van der Waals surface area contributed by atoms with E-state index >= 15 is 0 Å². The van der Waals surface area contributed by atoms with Crippen LogP contribution in [0.3, 0.4) is 0 Å². The van der Waals surface area contributed by atoms with Crippen LogP contribution >= 0.6 is 0 Å². The van der Waals surface area contributed by atoms with Crippen molar-refractivity contribution in [3.8, 4) is 34.5 Å². The van der Waals surface area contributed by atoms with E-state index in [2.05, 4.69) is 57.2 Å². The van der Waals surface area contributed by atoms with Gasteiger partial charge >= 0.3 is 29.8 Å². The van der Waals surface area contributed by atoms with E-state index in [9.17, 15) is 39.3 Å². The minimum atomic E-state index is -1.45. The number of carbonyl (C=O) groups is 5. The van der Waals surface area contributed by atoms with Crippen molar-refractivity contribution in [3.05, 3.63) is 71.8 Å². The number of phenolic OH excluding ortho intramolecular Hbond substituents is 2. The summed E-state index contributed by atoms with van der Waals surface area (Å²) in [5, 5.41) is 30.3. The fourth-order valence-electron chi connectivity index (χ4n) is 9.43. The quantitative estimate of drug-likeness (QED) is 0.0188. The van der Waals surface area contributed by atoms with Crippen molar-refractivity contribution >= 4 is 29.8 Å². The number of carbonyl (C=O) groups excluding carboxylic acids is 4. The topological polar surface area (TPSA) is 183 Å². The third kappa shape index (κ3) is 36.1. The number of carboxylic acids is 1. The molecule has 12 nitrogen and oxygen atoms in total. The van der Waals surface area contributed by atoms with E-state index in [4.69, 9.17) is 18.9 Å². The van der Waals surface area contributed by atoms with E-state index in [1.807, 2.05) is 0 Å². The molecule has 0 aromatic heterocycles. The average Bonchev–Trinajstić information content (AvgIpc) is 3.44. The molecule has 0 aliphatic rings. The maximum atomic E-state index is 13.8. The highest BCUT2D eigenvalue weighted by atomic mass is 16.6. The summed E-state index contributed by atoms with van der Waals surface area (Å²) < 4.78 is 23.0. The summed E-state index contributed by atoms with van der Waals surface area (Å²) in [6.07, 6.45) is 56.3. The van der Waals surface area contributed by atoms with Gasteiger partial charge in [0.15, 0.2) is 23.0 Å². The van der Waals surface area contributed by atoms with Gasteiger partial charge in [0, 0.05) is 19.3 Å². The van der Waals surface area contributed by atoms with Crippen LogP contribution in [-0.4, -0.2) is 45.2 Å². The summed E-state index contributed by atoms with van der Waals surface area (Å²) in [5.41, 5.74) is -0.804. The highest BCUT2D eigenvalue weighted by Crippen LogP contribution is 2.42. The molecule has 0 radical (unpaired) electrons. The van der Waals surface area contributed by atoms with Crippen molar-refractivity contribution in [2.24, 2.45) is 0 Å². The minimum Gasteiger partial charge on any atom is -0.504 e. The Morgan fingerprint density at radius 1 is 0.350 bits per heavy atom. The molecule has 450 valence electrons. The molecule has 0 aliphatic heterocycles. The van der Waals surface area contributed by atoms with Gasteiger partial charge in [-0.15, -0.1) is 0 Å². The second-order valence-electron chi connectivity index (χ2n) is 21.8. The van der Waals surface area contributed by atoms with Gasteiger partial charge in [0.25, 0.3) is 0 Å². The van der Waals surface area contributed by atoms with Gasteiger partial charge in [-0.05, 0) is 121 Å². The second-order valence-corrected chi connectivity index (χ2v) is 21.8. The minimum absolute atomic E-state index is 0.0227. The van der Waals surface area contributed by atoms with Gasteiger partial charge in [0.2, 0.25) is 11.5 Å². The molecule has 0 saturated carbocycles. The molecule has 0 fully saturated rings. The number of unbranched alkanes of at least 4 members (excludes halogenated alkanes) is 33. The second kappa shape index (κ2) is 48.3. The molecule has 0 aliphatic carbocycles. The molecule has 0 unspecified atom stereocenters. The molecule has 12 heteroatoms. The van der Waals surface area contributed by atoms with Crippen LogP contribution in [0.4, 0.5) is 0 Å². The number of aromatic carboxylic acids is 1. The Kier molecular flexibility index (Phi) is 42.7. The van der Waals surface area contributed by atoms with Gasteiger partial charge in [-0.25, -0.2) is 9.59 Å². The first-order chi connectivity index (χ1) is 39.0. The first kappa shape index (κ1) is 70.7. The van der Waals surface area contributed by atoms with Crippen molar-refractivity contribution < 1.29 is 58.2 Å². The number of hydrogen-bond acceptors (Lipinski definition) is 11. The Morgan fingerprint density at radius 3 is 0.963 bits per heavy atom. The molecule has 0 atom stereocenters. The van der Waals surface area contributed by atoms with E-state index in [1.54, 1.807) is 0 Å². The van der Waals surface area contributed by atoms with Crippen LogP contribution in [0.5, 0.6) is 34.5 Å². The maximum Gasteiger partial charge on any atom is 0.343 e. The Morgan fingerprint density at radius 2 is 0.637 bits per heavy atom. The lowest BCUT2D eigenvalue weighted by Gasteiger charge is -2.17. The van der Waals surface area contributed by atoms with E-state index in [1.165, 1.54) is 116 Å². The zero-order chi connectivity index (χ0) is 58.1. The van der Waals surface area contributed by atoms with Crippen LogP contribution in [-0.2, 0) is 14.4 Å². The lowest BCUT2D eigenvalue weighted by Crippen LogP contribution is -2.17. The third-order valence-electron chi connectivity index (χ3n) is 14.4. The zero-order valence-electron chi connectivity index (χ0n) is 50.0. The first-order valence-electron chi connectivity index (χ1n) is 31.8. The predicted molar refractivity (Wildman–Crippen MR) is 323 cm³/mol. The largest absolute Gasteiger partial charge is 0.504 e. The highest BCUT2D eigenvalue weighted by molar-refractivity contribution is 5.95. The number of esters is 4. The van der Waals surface area contributed by atoms with Crippen molar-refractivity contribution in [3.63, 3.8) is 0 Å². The normalized spacial score (nSPS) is 11.5. The van der Waals surface area contributed by atoms with Gasteiger partial charge in [0.1, 0.15) is 0 Å². The van der Waals surface area contributed by atoms with Crippen LogP contribution in [0.15, 0.2) is 60.7 Å². The van der Waals surface area contributed by atoms with Gasteiger partial charge in [-0.3, -0.25) is 14.4 Å². The Labute approximate surface area is 483 Å². The number of aromatic hydroxyl groups is 2. The monoisotopic (exact) mass is 1110 g/mol. The van der Waals surface area contributed by atoms with Gasteiger partial charge in [-0.1, -0.05) is 211 Å². The fraction of sp³-hybridized carbons (Fsp3) is 0.662. The van der Waals surface area contributed by atoms with E-state index in [0.717, 1.165) is 140 Å². The Hall–Kier alpha value is -5.39. The van der Waals surface area contributed by atoms with Crippen molar-refractivity contribution in [2.75, 3.05) is 0 Å². The van der Waals surface area contributed by atoms with Crippen LogP contribution in [0, 0.1) is 0 Å². The molecular weight excluding hydrogens is 1010 g/mol. The van der Waals surface area contributed by atoms with Crippen molar-refractivity contribution in [1.82, 2.24) is 0 Å². The molecule has 2 aromatic carbocycles. The van der Waals surface area contributed by atoms with E-state index in [0.29, 0.717) is 19.3 Å². The molecule has 80 heavy (non-hydrogen) atoms. The predicted octanol–water partition coefficient (Wildman–Crippen LogP) is 19.8. The fourth-order valence-corrected chi connectivity index (χ4v) is 9.43. The van der Waals surface area contributed by atoms with Gasteiger partial charge in [0.05, 0.1) is 11.1 Å². The summed E-state index contributed by atoms with van der Waals surface area (Å²) >= 11 is 0. The lowest BCUT2D eigenvalue weighted by molar-refractivity contribution is -0.138. The summed E-state index contributed by atoms with van der Waals surface area (Å²) in [5.74, 6) is -8.04. The SMILES string of the molecule is CCCCCCCC/C=C/CCCCCCCC(=O)Oc1cc(C(=O)Oc2cc(C(=O)O)cc(O)c2O)cc(OC(=O)CCCCCCC/C=C/CCCCCCCC)c1OC(=O)CCCCCCC/C=C/CCCCCCCC. The molecular formula is C68H106O12. The van der Waals surface area contributed by atoms with Crippen LogP contribution in [0.2, 0.25) is 0 Å². The average molecular weight is 1120 g/mol. The number of carboxylic acid groups (broad SMARTS) is 1. The summed E-state index contributed by atoms with van der Waals surface area (Å²) in [6, 6.07) is 3.90. The van der Waals surface area contributed by atoms with Crippen molar-refractivity contribution in [2.45, 2.75) is 290 Å². The maximum absolute atomic E-state index is 13.8. The number of benzene rings is 2. The molecule has 0 amide bonds. The molecule has 0 saturated heterocycles. The lowest BCUT2D eigenvalue weighted by atomic mass is 10.1. The third-order valence-corrected chi connectivity index (χ3v) is 14.4. The molecule has 0 heterocycles. The van der Waals surface area contributed by atoms with Gasteiger partial charge in [-0.2, -0.15) is 0 Å². The van der Waals surface area contributed by atoms with E-state index in [-0.39, 0.29) is 42.1 Å². The van der Waals surface area contributed by atoms with Crippen molar-refractivity contribution in [1.29, 1.82) is 0 Å². The number of rotatable bonds is 51. The smallest absolute Gasteiger partial charge is 0.343 e. The highest BCUT2D eigenvalue weighted by Gasteiger charge is 2.27. The molecule has 2 rings (SSSR count). The molecule has 3 N–H and O–H groups in total. The van der Waals surface area contributed by atoms with Crippen LogP contribution < -0.4 is 18.9 Å². The van der Waals surface area contributed by atoms with Crippen LogP contribution in [0.25, 0.3) is 0 Å². The van der Waals surface area contributed by atoms with E-state index < -0.39 is 52.7 Å². The number of ether oxygens (including phenoxy) is 4. The number of hydrogen-bond donors (Lipinski definition) is 3. The standard InChI is InChI=1S/C68H106O12/c1-4-7-10-13-16-19-22-25-28-31-34-37-40-43-46-49-62(70)77-60-54-57(68(76)79-59-53-56(67(74)75)52-58(69)65(59)73)55-61(78-63(71)50-47-44-41-38-35-32-29-26-23-20-17-14-11-8-5-2)66(60)80-64(72)51-48-45-42-39-36-33-30-27-24-21-18-15-12-9-6-3/h25-30,52-55,69,73H,4-24,31-51H2,1-3H3,(H,74,75)/b28-25+,29-26+,30-27+. The molecule has 0 bridgehead atoms. The molecule has 0 spiro atoms. The van der Waals surface area contributed by atoms with Crippen LogP contribution in [0.1, 0.15) is 311 Å². The number of phenols is 2. The Bertz CT molecular complexity index is 2010. The first-order valence-corrected chi connectivity index (χ1v) is 31.8. The number of allylic oxidation sites excluding steroid dienone is 6. The summed E-state index contributed by atoms with van der Waals surface area (Å²) in [4.78, 5) is 66.3. The summed E-state index contributed by atoms with van der Waals surface area (Å²) in [6.45, 7) is 6.70. The van der Waals surface area contributed by atoms with Gasteiger partial charge < -0.3 is 34.3 Å². The zero-order valence-corrected chi connectivity index (χ0v) is 50.0.